The largest absolute Gasteiger partial charge is 0.497 e. The van der Waals surface area contributed by atoms with E-state index in [1.54, 1.807) is 14.2 Å². The van der Waals surface area contributed by atoms with Gasteiger partial charge in [-0.25, -0.2) is 0 Å². The van der Waals surface area contributed by atoms with Crippen LogP contribution in [0.4, 0.5) is 0 Å². The molecule has 2 aliphatic heterocycles. The Bertz CT molecular complexity index is 789. The fourth-order valence-electron chi connectivity index (χ4n) is 6.63. The molecule has 172 valence electrons. The van der Waals surface area contributed by atoms with E-state index in [0.717, 1.165) is 43.6 Å². The van der Waals surface area contributed by atoms with Gasteiger partial charge in [-0.05, 0) is 43.4 Å². The van der Waals surface area contributed by atoms with Crippen molar-refractivity contribution in [3.05, 3.63) is 23.8 Å². The Labute approximate surface area is 203 Å². The number of benzene rings is 1. The van der Waals surface area contributed by atoms with E-state index >= 15 is 0 Å². The van der Waals surface area contributed by atoms with Crippen molar-refractivity contribution in [2.24, 2.45) is 16.3 Å². The number of aliphatic imine (C=N–C) groups is 1. The zero-order chi connectivity index (χ0) is 20.7. The van der Waals surface area contributed by atoms with Crippen molar-refractivity contribution >= 4 is 29.9 Å². The number of ether oxygens (including phenoxy) is 3. The Kier molecular flexibility index (Phi) is 6.91. The van der Waals surface area contributed by atoms with Gasteiger partial charge in [0, 0.05) is 56.1 Å². The summed E-state index contributed by atoms with van der Waals surface area (Å²) in [5.41, 5.74) is 1.63. The van der Waals surface area contributed by atoms with E-state index in [1.165, 1.54) is 37.7 Å². The predicted molar refractivity (Wildman–Crippen MR) is 133 cm³/mol. The normalized spacial score (nSPS) is 31.2. The number of hydrogen-bond donors (Lipinski definition) is 1. The second-order valence-corrected chi connectivity index (χ2v) is 9.43. The molecule has 7 heteroatoms. The summed E-state index contributed by atoms with van der Waals surface area (Å²) in [6, 6.07) is 6.75. The average molecular weight is 541 g/mol. The summed E-state index contributed by atoms with van der Waals surface area (Å²) in [6.45, 7) is 2.92. The van der Waals surface area contributed by atoms with Crippen LogP contribution in [0.5, 0.6) is 11.5 Å². The molecule has 1 aromatic rings. The smallest absolute Gasteiger partial charge is 0.193 e. The van der Waals surface area contributed by atoms with Crippen LogP contribution >= 0.6 is 24.0 Å². The van der Waals surface area contributed by atoms with Crippen molar-refractivity contribution < 1.29 is 14.2 Å². The number of nitrogens with one attached hydrogen (secondary N) is 1. The summed E-state index contributed by atoms with van der Waals surface area (Å²) in [5, 5.41) is 3.91. The van der Waals surface area contributed by atoms with Gasteiger partial charge in [-0.2, -0.15) is 0 Å². The standard InChI is InChI=1S/C24H35N3O3.HI/c1-25-23(26-21-20-7-11-30-22(20)24(21)8-4-5-9-24)27-10-6-16(15-27)17-12-18(28-2)14-19(13-17)29-3;/h12-14,16,20-22H,4-11,15H2,1-3H3,(H,25,26);1H. The molecule has 4 unspecified atom stereocenters. The number of guanidine groups is 1. The third-order valence-corrected chi connectivity index (χ3v) is 8.12. The monoisotopic (exact) mass is 541 g/mol. The molecule has 0 aromatic heterocycles. The predicted octanol–water partition coefficient (Wildman–Crippen LogP) is 4.03. The molecule has 4 fully saturated rings. The number of halogens is 1. The van der Waals surface area contributed by atoms with E-state index in [-0.39, 0.29) is 24.0 Å². The number of nitrogens with zero attached hydrogens (tertiary/aromatic N) is 2. The molecule has 1 spiro atoms. The highest BCUT2D eigenvalue weighted by Gasteiger charge is 2.65. The molecule has 1 aromatic carbocycles. The number of fused-ring (bicyclic) bond motifs is 2. The van der Waals surface area contributed by atoms with Gasteiger partial charge < -0.3 is 24.4 Å². The van der Waals surface area contributed by atoms with Crippen molar-refractivity contribution in [2.45, 2.75) is 56.6 Å². The molecule has 5 rings (SSSR count). The second-order valence-electron chi connectivity index (χ2n) is 9.43. The second kappa shape index (κ2) is 9.33. The lowest BCUT2D eigenvalue weighted by Crippen LogP contribution is -2.69. The summed E-state index contributed by atoms with van der Waals surface area (Å²) < 4.78 is 17.1. The highest BCUT2D eigenvalue weighted by atomic mass is 127. The van der Waals surface area contributed by atoms with E-state index in [4.69, 9.17) is 19.2 Å². The minimum atomic E-state index is 0. The van der Waals surface area contributed by atoms with Crippen LogP contribution in [0, 0.1) is 11.3 Å². The molecule has 2 aliphatic carbocycles. The molecule has 6 nitrogen and oxygen atoms in total. The van der Waals surface area contributed by atoms with E-state index in [9.17, 15) is 0 Å². The number of hydrogen-bond acceptors (Lipinski definition) is 4. The van der Waals surface area contributed by atoms with Gasteiger partial charge >= 0.3 is 0 Å². The third kappa shape index (κ3) is 3.90. The van der Waals surface area contributed by atoms with Crippen molar-refractivity contribution in [2.75, 3.05) is 41.0 Å². The lowest BCUT2D eigenvalue weighted by Gasteiger charge is -2.57. The first-order valence-electron chi connectivity index (χ1n) is 11.5. The van der Waals surface area contributed by atoms with Gasteiger partial charge in [-0.1, -0.05) is 12.8 Å². The maximum atomic E-state index is 6.16. The number of rotatable bonds is 4. The van der Waals surface area contributed by atoms with Crippen LogP contribution in [0.3, 0.4) is 0 Å². The average Bonchev–Trinajstić information content (AvgIpc) is 3.53. The van der Waals surface area contributed by atoms with E-state index in [1.807, 2.05) is 13.1 Å². The molecule has 0 amide bonds. The fraction of sp³-hybridized carbons (Fsp3) is 0.708. The lowest BCUT2D eigenvalue weighted by molar-refractivity contribution is -0.125. The molecule has 2 heterocycles. The van der Waals surface area contributed by atoms with Crippen molar-refractivity contribution in [3.63, 3.8) is 0 Å². The molecule has 31 heavy (non-hydrogen) atoms. The van der Waals surface area contributed by atoms with Gasteiger partial charge in [0.1, 0.15) is 11.5 Å². The quantitative estimate of drug-likeness (QED) is 0.355. The number of methoxy groups -OCH3 is 2. The molecule has 2 saturated heterocycles. The minimum absolute atomic E-state index is 0. The lowest BCUT2D eigenvalue weighted by atomic mass is 9.54. The first-order chi connectivity index (χ1) is 14.7. The summed E-state index contributed by atoms with van der Waals surface area (Å²) in [5.74, 6) is 3.89. The van der Waals surface area contributed by atoms with Gasteiger partial charge in [0.05, 0.1) is 20.3 Å². The van der Waals surface area contributed by atoms with Crippen LogP contribution in [0.1, 0.15) is 50.0 Å². The zero-order valence-electron chi connectivity index (χ0n) is 18.9. The zero-order valence-corrected chi connectivity index (χ0v) is 21.3. The third-order valence-electron chi connectivity index (χ3n) is 8.12. The van der Waals surface area contributed by atoms with E-state index in [2.05, 4.69) is 22.3 Å². The minimum Gasteiger partial charge on any atom is -0.497 e. The van der Waals surface area contributed by atoms with Crippen LogP contribution in [0.25, 0.3) is 0 Å². The molecule has 1 N–H and O–H groups in total. The first kappa shape index (κ1) is 23.0. The van der Waals surface area contributed by atoms with Gasteiger partial charge in [-0.3, -0.25) is 4.99 Å². The Balaban J connectivity index is 0.00000231. The Morgan fingerprint density at radius 3 is 2.48 bits per heavy atom. The summed E-state index contributed by atoms with van der Waals surface area (Å²) in [4.78, 5) is 7.13. The molecule has 0 radical (unpaired) electrons. The molecule has 2 saturated carbocycles. The highest BCUT2D eigenvalue weighted by Crippen LogP contribution is 2.60. The maximum absolute atomic E-state index is 6.16. The van der Waals surface area contributed by atoms with Crippen molar-refractivity contribution in [3.8, 4) is 11.5 Å². The maximum Gasteiger partial charge on any atom is 0.193 e. The van der Waals surface area contributed by atoms with Crippen LogP contribution in [-0.4, -0.2) is 64.0 Å². The van der Waals surface area contributed by atoms with Crippen LogP contribution in [-0.2, 0) is 4.74 Å². The molecule has 4 atom stereocenters. The Morgan fingerprint density at radius 1 is 1.13 bits per heavy atom. The van der Waals surface area contributed by atoms with Crippen molar-refractivity contribution in [1.29, 1.82) is 0 Å². The van der Waals surface area contributed by atoms with Crippen LogP contribution in [0.2, 0.25) is 0 Å². The van der Waals surface area contributed by atoms with E-state index in [0.29, 0.717) is 29.4 Å². The van der Waals surface area contributed by atoms with Gasteiger partial charge in [0.2, 0.25) is 0 Å². The fourth-order valence-corrected chi connectivity index (χ4v) is 6.63. The summed E-state index contributed by atoms with van der Waals surface area (Å²) in [7, 11) is 5.35. The number of likely N-dealkylation sites (tertiary alicyclic amines) is 1. The van der Waals surface area contributed by atoms with Crippen molar-refractivity contribution in [1.82, 2.24) is 10.2 Å². The Morgan fingerprint density at radius 2 is 1.84 bits per heavy atom. The molecular weight excluding hydrogens is 505 g/mol. The van der Waals surface area contributed by atoms with Gasteiger partial charge in [0.25, 0.3) is 0 Å². The molecule has 4 aliphatic rings. The first-order valence-corrected chi connectivity index (χ1v) is 11.5. The van der Waals surface area contributed by atoms with Gasteiger partial charge in [0.15, 0.2) is 5.96 Å². The van der Waals surface area contributed by atoms with Crippen LogP contribution < -0.4 is 14.8 Å². The van der Waals surface area contributed by atoms with E-state index < -0.39 is 0 Å². The topological polar surface area (TPSA) is 55.3 Å². The molecular formula is C24H36IN3O3. The van der Waals surface area contributed by atoms with Crippen LogP contribution in [0.15, 0.2) is 23.2 Å². The highest BCUT2D eigenvalue weighted by molar-refractivity contribution is 14.0. The molecule has 0 bridgehead atoms. The SMILES string of the molecule is CN=C(NC1C2CCOC2C12CCCC2)N1CCC(c2cc(OC)cc(OC)c2)C1.I. The van der Waals surface area contributed by atoms with Gasteiger partial charge in [-0.15, -0.1) is 24.0 Å². The Hall–Kier alpha value is -1.22. The summed E-state index contributed by atoms with van der Waals surface area (Å²) in [6.07, 6.45) is 8.06. The summed E-state index contributed by atoms with van der Waals surface area (Å²) >= 11 is 0.